The summed E-state index contributed by atoms with van der Waals surface area (Å²) in [5.74, 6) is 4.61. The van der Waals surface area contributed by atoms with Crippen molar-refractivity contribution in [3.8, 4) is 5.75 Å². The molecule has 0 heterocycles. The molecule has 1 aromatic rings. The lowest BCUT2D eigenvalue weighted by molar-refractivity contribution is 0.0116. The molecule has 0 saturated heterocycles. The van der Waals surface area contributed by atoms with Gasteiger partial charge in [-0.1, -0.05) is 11.6 Å². The van der Waals surface area contributed by atoms with Crippen LogP contribution in [-0.4, -0.2) is 24.4 Å². The highest BCUT2D eigenvalue weighted by molar-refractivity contribution is 6.32. The molecular formula is C9H11ClFNO3. The van der Waals surface area contributed by atoms with E-state index in [1.807, 2.05) is 0 Å². The van der Waals surface area contributed by atoms with Crippen LogP contribution in [0.25, 0.3) is 0 Å². The molecule has 0 aliphatic rings. The van der Waals surface area contributed by atoms with E-state index in [-0.39, 0.29) is 18.2 Å². The first kappa shape index (κ1) is 12.2. The van der Waals surface area contributed by atoms with Crippen LogP contribution in [0.5, 0.6) is 5.75 Å². The van der Waals surface area contributed by atoms with Crippen LogP contribution >= 0.6 is 11.6 Å². The number of aliphatic hydroxyl groups is 1. The first-order valence-corrected chi connectivity index (χ1v) is 4.59. The van der Waals surface area contributed by atoms with Crippen molar-refractivity contribution in [3.63, 3.8) is 0 Å². The summed E-state index contributed by atoms with van der Waals surface area (Å²) in [5.41, 5.74) is 0. The number of hydrogen-bond acceptors (Lipinski definition) is 4. The van der Waals surface area contributed by atoms with Crippen molar-refractivity contribution in [3.05, 3.63) is 29.0 Å². The van der Waals surface area contributed by atoms with Crippen molar-refractivity contribution in [1.82, 2.24) is 0 Å². The fourth-order valence-electron chi connectivity index (χ4n) is 0.937. The average molecular weight is 236 g/mol. The molecule has 3 N–H and O–H groups in total. The molecule has 0 spiro atoms. The highest BCUT2D eigenvalue weighted by atomic mass is 35.5. The monoisotopic (exact) mass is 235 g/mol. The lowest BCUT2D eigenvalue weighted by atomic mass is 10.3. The second-order valence-electron chi connectivity index (χ2n) is 2.87. The largest absolute Gasteiger partial charge is 0.489 e. The van der Waals surface area contributed by atoms with Gasteiger partial charge in [0.2, 0.25) is 0 Å². The van der Waals surface area contributed by atoms with Crippen molar-refractivity contribution in [2.75, 3.05) is 13.2 Å². The van der Waals surface area contributed by atoms with Gasteiger partial charge < -0.3 is 14.7 Å². The third kappa shape index (κ3) is 4.01. The maximum Gasteiger partial charge on any atom is 0.138 e. The van der Waals surface area contributed by atoms with E-state index in [4.69, 9.17) is 22.2 Å². The maximum atomic E-state index is 12.6. The van der Waals surface area contributed by atoms with E-state index < -0.39 is 11.9 Å². The number of ether oxygens (including phenoxy) is 1. The fourth-order valence-corrected chi connectivity index (χ4v) is 1.16. The standard InChI is InChI=1S/C9H11ClFNO3/c10-8-3-6(11)1-2-9(8)14-4-7(13)5-15-12/h1-3,7,13H,4-5,12H2. The van der Waals surface area contributed by atoms with Crippen LogP contribution in [0.4, 0.5) is 4.39 Å². The summed E-state index contributed by atoms with van der Waals surface area (Å²) >= 11 is 5.69. The summed E-state index contributed by atoms with van der Waals surface area (Å²) in [5, 5.41) is 9.36. The first-order valence-electron chi connectivity index (χ1n) is 4.21. The van der Waals surface area contributed by atoms with Crippen LogP contribution in [0.3, 0.4) is 0 Å². The molecule has 0 aliphatic carbocycles. The Morgan fingerprint density at radius 3 is 2.80 bits per heavy atom. The molecule has 0 radical (unpaired) electrons. The summed E-state index contributed by atoms with van der Waals surface area (Å²) in [6, 6.07) is 3.73. The SMILES string of the molecule is NOCC(O)COc1ccc(F)cc1Cl. The average Bonchev–Trinajstić information content (AvgIpc) is 2.17. The first-order chi connectivity index (χ1) is 7.13. The van der Waals surface area contributed by atoms with Gasteiger partial charge in [0.25, 0.3) is 0 Å². The normalized spacial score (nSPS) is 12.5. The predicted octanol–water partition coefficient (Wildman–Crippen LogP) is 1.11. The Hall–Kier alpha value is -0.880. The van der Waals surface area contributed by atoms with Gasteiger partial charge >= 0.3 is 0 Å². The van der Waals surface area contributed by atoms with E-state index in [0.717, 1.165) is 6.07 Å². The number of aliphatic hydroxyl groups excluding tert-OH is 1. The molecule has 84 valence electrons. The lowest BCUT2D eigenvalue weighted by Gasteiger charge is -2.11. The van der Waals surface area contributed by atoms with Crippen LogP contribution in [-0.2, 0) is 4.84 Å². The summed E-state index contributed by atoms with van der Waals surface area (Å²) in [6.07, 6.45) is -0.851. The molecule has 0 amide bonds. The van der Waals surface area contributed by atoms with Crippen LogP contribution in [0.15, 0.2) is 18.2 Å². The van der Waals surface area contributed by atoms with Gasteiger partial charge in [-0.05, 0) is 18.2 Å². The Labute approximate surface area is 91.3 Å². The van der Waals surface area contributed by atoms with E-state index in [2.05, 4.69) is 4.84 Å². The number of hydrogen-bond donors (Lipinski definition) is 2. The van der Waals surface area contributed by atoms with Gasteiger partial charge in [0.05, 0.1) is 11.6 Å². The van der Waals surface area contributed by atoms with Gasteiger partial charge in [-0.15, -0.1) is 0 Å². The molecule has 0 bridgehead atoms. The molecule has 0 fully saturated rings. The summed E-state index contributed by atoms with van der Waals surface area (Å²) in [6.45, 7) is -0.0681. The minimum absolute atomic E-state index is 0.0252. The molecule has 1 aromatic carbocycles. The minimum Gasteiger partial charge on any atom is -0.489 e. The van der Waals surface area contributed by atoms with Crippen molar-refractivity contribution in [2.24, 2.45) is 5.90 Å². The Balaban J connectivity index is 2.50. The zero-order valence-corrected chi connectivity index (χ0v) is 8.58. The number of benzene rings is 1. The summed E-state index contributed by atoms with van der Waals surface area (Å²) < 4.78 is 17.8. The quantitative estimate of drug-likeness (QED) is 0.751. The Morgan fingerprint density at radius 1 is 1.47 bits per heavy atom. The number of rotatable bonds is 5. The molecule has 15 heavy (non-hydrogen) atoms. The van der Waals surface area contributed by atoms with Gasteiger partial charge in [-0.2, -0.15) is 0 Å². The van der Waals surface area contributed by atoms with E-state index in [0.29, 0.717) is 5.75 Å². The van der Waals surface area contributed by atoms with Crippen molar-refractivity contribution in [1.29, 1.82) is 0 Å². The van der Waals surface area contributed by atoms with E-state index in [1.54, 1.807) is 0 Å². The Kier molecular flexibility index (Phi) is 4.77. The third-order valence-corrected chi connectivity index (χ3v) is 1.91. The second-order valence-corrected chi connectivity index (χ2v) is 3.28. The van der Waals surface area contributed by atoms with Gasteiger partial charge in [0.1, 0.15) is 24.3 Å². The van der Waals surface area contributed by atoms with Crippen LogP contribution in [0.1, 0.15) is 0 Å². The van der Waals surface area contributed by atoms with Gasteiger partial charge in [-0.25, -0.2) is 10.3 Å². The van der Waals surface area contributed by atoms with Gasteiger partial charge in [0, 0.05) is 0 Å². The van der Waals surface area contributed by atoms with Gasteiger partial charge in [0.15, 0.2) is 0 Å². The Bertz CT molecular complexity index is 324. The zero-order chi connectivity index (χ0) is 11.3. The smallest absolute Gasteiger partial charge is 0.138 e. The molecule has 6 heteroatoms. The fraction of sp³-hybridized carbons (Fsp3) is 0.333. The number of halogens is 2. The van der Waals surface area contributed by atoms with Crippen LogP contribution < -0.4 is 10.6 Å². The lowest BCUT2D eigenvalue weighted by Crippen LogP contribution is -2.25. The highest BCUT2D eigenvalue weighted by Crippen LogP contribution is 2.24. The molecule has 1 unspecified atom stereocenters. The van der Waals surface area contributed by atoms with Gasteiger partial charge in [-0.3, -0.25) is 0 Å². The van der Waals surface area contributed by atoms with E-state index in [9.17, 15) is 9.50 Å². The molecule has 4 nitrogen and oxygen atoms in total. The van der Waals surface area contributed by atoms with Crippen LogP contribution in [0, 0.1) is 5.82 Å². The van der Waals surface area contributed by atoms with E-state index in [1.165, 1.54) is 12.1 Å². The maximum absolute atomic E-state index is 12.6. The van der Waals surface area contributed by atoms with Crippen molar-refractivity contribution in [2.45, 2.75) is 6.10 Å². The molecule has 0 aliphatic heterocycles. The number of nitrogens with two attached hydrogens (primary N) is 1. The predicted molar refractivity (Wildman–Crippen MR) is 53.1 cm³/mol. The third-order valence-electron chi connectivity index (χ3n) is 1.61. The molecule has 0 saturated carbocycles. The summed E-state index contributed by atoms with van der Waals surface area (Å²) in [4.78, 5) is 4.22. The van der Waals surface area contributed by atoms with E-state index >= 15 is 0 Å². The molecule has 1 atom stereocenters. The highest BCUT2D eigenvalue weighted by Gasteiger charge is 2.07. The molecule has 0 aromatic heterocycles. The molecular weight excluding hydrogens is 225 g/mol. The van der Waals surface area contributed by atoms with Crippen molar-refractivity contribution < 1.29 is 19.1 Å². The topological polar surface area (TPSA) is 64.7 Å². The summed E-state index contributed by atoms with van der Waals surface area (Å²) in [7, 11) is 0. The zero-order valence-electron chi connectivity index (χ0n) is 7.82. The van der Waals surface area contributed by atoms with Crippen LogP contribution in [0.2, 0.25) is 5.02 Å². The van der Waals surface area contributed by atoms with Crippen molar-refractivity contribution >= 4 is 11.6 Å². The second kappa shape index (κ2) is 5.87. The Morgan fingerprint density at radius 2 is 2.20 bits per heavy atom. The minimum atomic E-state index is -0.851. The molecule has 1 rings (SSSR count).